The molecule has 7 nitrogen and oxygen atoms in total. The van der Waals surface area contributed by atoms with Gasteiger partial charge in [0.25, 0.3) is 11.8 Å². The molecule has 158 valence electrons. The minimum absolute atomic E-state index is 0.0551. The number of benzene rings is 2. The number of piperazine rings is 1. The molecule has 0 aromatic heterocycles. The van der Waals surface area contributed by atoms with E-state index in [0.717, 1.165) is 5.56 Å². The Kier molecular flexibility index (Phi) is 5.72. The van der Waals surface area contributed by atoms with Crippen LogP contribution in [0.2, 0.25) is 5.02 Å². The number of halogens is 1. The van der Waals surface area contributed by atoms with E-state index in [-0.39, 0.29) is 11.8 Å². The summed E-state index contributed by atoms with van der Waals surface area (Å²) in [7, 11) is 3.09. The van der Waals surface area contributed by atoms with E-state index < -0.39 is 6.10 Å². The number of amides is 2. The fraction of sp³-hybridized carbons (Fsp3) is 0.364. The molecule has 1 unspecified atom stereocenters. The lowest BCUT2D eigenvalue weighted by molar-refractivity contribution is -0.139. The highest BCUT2D eigenvalue weighted by atomic mass is 35.5. The molecule has 2 aromatic carbocycles. The van der Waals surface area contributed by atoms with Gasteiger partial charge in [0.1, 0.15) is 5.75 Å². The van der Waals surface area contributed by atoms with Gasteiger partial charge in [0.2, 0.25) is 0 Å². The predicted octanol–water partition coefficient (Wildman–Crippen LogP) is 2.65. The molecule has 0 bridgehead atoms. The smallest absolute Gasteiger partial charge is 0.264 e. The van der Waals surface area contributed by atoms with Gasteiger partial charge in [0, 0.05) is 43.2 Å². The van der Waals surface area contributed by atoms with Gasteiger partial charge in [-0.2, -0.15) is 0 Å². The Bertz CT molecular complexity index is 972. The Labute approximate surface area is 180 Å². The fourth-order valence-electron chi connectivity index (χ4n) is 3.84. The lowest BCUT2D eigenvalue weighted by atomic mass is 10.1. The summed E-state index contributed by atoms with van der Waals surface area (Å²) in [6, 6.07) is 10.5. The number of rotatable bonds is 4. The summed E-state index contributed by atoms with van der Waals surface area (Å²) in [6.45, 7) is 1.86. The van der Waals surface area contributed by atoms with Gasteiger partial charge in [-0.1, -0.05) is 11.6 Å². The Morgan fingerprint density at radius 1 is 0.967 bits per heavy atom. The first-order valence-corrected chi connectivity index (χ1v) is 10.1. The van der Waals surface area contributed by atoms with Crippen molar-refractivity contribution in [2.45, 2.75) is 12.5 Å². The van der Waals surface area contributed by atoms with Crippen molar-refractivity contribution in [3.8, 4) is 17.2 Å². The van der Waals surface area contributed by atoms with E-state index in [2.05, 4.69) is 0 Å². The molecule has 0 N–H and O–H groups in total. The van der Waals surface area contributed by atoms with Gasteiger partial charge in [0.15, 0.2) is 17.6 Å². The van der Waals surface area contributed by atoms with Crippen molar-refractivity contribution in [3.63, 3.8) is 0 Å². The van der Waals surface area contributed by atoms with Crippen LogP contribution >= 0.6 is 11.6 Å². The quantitative estimate of drug-likeness (QED) is 0.746. The van der Waals surface area contributed by atoms with Crippen LogP contribution in [0.4, 0.5) is 0 Å². The number of carbonyl (C=O) groups excluding carboxylic acids is 2. The topological polar surface area (TPSA) is 68.3 Å². The minimum atomic E-state index is -0.536. The number of carbonyl (C=O) groups is 2. The zero-order valence-electron chi connectivity index (χ0n) is 16.9. The molecular weight excluding hydrogens is 408 g/mol. The summed E-state index contributed by atoms with van der Waals surface area (Å²) in [6.07, 6.45) is -0.0222. The lowest BCUT2D eigenvalue weighted by Gasteiger charge is -2.35. The third-order valence-corrected chi connectivity index (χ3v) is 5.72. The van der Waals surface area contributed by atoms with Crippen molar-refractivity contribution in [3.05, 3.63) is 52.5 Å². The van der Waals surface area contributed by atoms with Gasteiger partial charge < -0.3 is 24.0 Å². The van der Waals surface area contributed by atoms with Gasteiger partial charge in [-0.15, -0.1) is 0 Å². The number of fused-ring (bicyclic) bond motifs is 1. The van der Waals surface area contributed by atoms with Crippen LogP contribution in [0, 0.1) is 0 Å². The van der Waals surface area contributed by atoms with Crippen LogP contribution in [0.15, 0.2) is 36.4 Å². The van der Waals surface area contributed by atoms with E-state index in [1.165, 1.54) is 7.11 Å². The van der Waals surface area contributed by atoms with Gasteiger partial charge in [0.05, 0.1) is 14.2 Å². The lowest BCUT2D eigenvalue weighted by Crippen LogP contribution is -2.53. The normalized spacial score (nSPS) is 17.9. The highest BCUT2D eigenvalue weighted by molar-refractivity contribution is 6.30. The van der Waals surface area contributed by atoms with Crippen LogP contribution < -0.4 is 14.2 Å². The summed E-state index contributed by atoms with van der Waals surface area (Å²) in [4.78, 5) is 29.3. The maximum Gasteiger partial charge on any atom is 0.264 e. The summed E-state index contributed by atoms with van der Waals surface area (Å²) in [5.41, 5.74) is 1.47. The van der Waals surface area contributed by atoms with Crippen molar-refractivity contribution in [2.24, 2.45) is 0 Å². The second-order valence-corrected chi connectivity index (χ2v) is 7.69. The number of hydrogen-bond acceptors (Lipinski definition) is 5. The van der Waals surface area contributed by atoms with Gasteiger partial charge >= 0.3 is 0 Å². The van der Waals surface area contributed by atoms with Gasteiger partial charge in [-0.05, 0) is 42.0 Å². The highest BCUT2D eigenvalue weighted by Crippen LogP contribution is 2.32. The second kappa shape index (κ2) is 8.44. The molecule has 0 radical (unpaired) electrons. The third-order valence-electron chi connectivity index (χ3n) is 5.48. The average Bonchev–Trinajstić information content (AvgIpc) is 3.20. The van der Waals surface area contributed by atoms with E-state index in [0.29, 0.717) is 60.4 Å². The van der Waals surface area contributed by atoms with Crippen molar-refractivity contribution in [1.29, 1.82) is 0 Å². The van der Waals surface area contributed by atoms with E-state index in [4.69, 9.17) is 25.8 Å². The standard InChI is InChI=1S/C22H23ClN2O5/c1-28-18-5-3-14(12-19(18)29-2)21(26)24-7-9-25(10-8-24)22(27)20-13-15-11-16(23)4-6-17(15)30-20/h3-6,11-12,20H,7-10,13H2,1-2H3. The van der Waals surface area contributed by atoms with Crippen LogP contribution in [0.25, 0.3) is 0 Å². The summed E-state index contributed by atoms with van der Waals surface area (Å²) < 4.78 is 16.3. The summed E-state index contributed by atoms with van der Waals surface area (Å²) in [5, 5.41) is 0.632. The fourth-order valence-corrected chi connectivity index (χ4v) is 4.03. The van der Waals surface area contributed by atoms with Crippen molar-refractivity contribution < 1.29 is 23.8 Å². The number of methoxy groups -OCH3 is 2. The van der Waals surface area contributed by atoms with Gasteiger partial charge in [-0.25, -0.2) is 0 Å². The molecular formula is C22H23ClN2O5. The summed E-state index contributed by atoms with van der Waals surface area (Å²) >= 11 is 6.03. The second-order valence-electron chi connectivity index (χ2n) is 7.25. The molecule has 1 atom stereocenters. The molecule has 4 rings (SSSR count). The van der Waals surface area contributed by atoms with Crippen LogP contribution in [0.1, 0.15) is 15.9 Å². The van der Waals surface area contributed by atoms with Crippen LogP contribution in [0.5, 0.6) is 17.2 Å². The largest absolute Gasteiger partial charge is 0.493 e. The molecule has 0 spiro atoms. The molecule has 2 aromatic rings. The van der Waals surface area contributed by atoms with Crippen LogP contribution in [0.3, 0.4) is 0 Å². The Morgan fingerprint density at radius 3 is 2.37 bits per heavy atom. The van der Waals surface area contributed by atoms with Crippen LogP contribution in [-0.4, -0.2) is 68.1 Å². The van der Waals surface area contributed by atoms with E-state index in [1.54, 1.807) is 47.2 Å². The number of hydrogen-bond donors (Lipinski definition) is 0. The van der Waals surface area contributed by atoms with Gasteiger partial charge in [-0.3, -0.25) is 9.59 Å². The van der Waals surface area contributed by atoms with E-state index >= 15 is 0 Å². The molecule has 30 heavy (non-hydrogen) atoms. The minimum Gasteiger partial charge on any atom is -0.493 e. The molecule has 2 aliphatic heterocycles. The molecule has 2 amide bonds. The molecule has 2 aliphatic rings. The number of ether oxygens (including phenoxy) is 3. The molecule has 8 heteroatoms. The monoisotopic (exact) mass is 430 g/mol. The zero-order chi connectivity index (χ0) is 21.3. The molecule has 1 fully saturated rings. The van der Waals surface area contributed by atoms with E-state index in [9.17, 15) is 9.59 Å². The zero-order valence-corrected chi connectivity index (χ0v) is 17.6. The predicted molar refractivity (Wildman–Crippen MR) is 112 cm³/mol. The Hall–Kier alpha value is -2.93. The van der Waals surface area contributed by atoms with Crippen LogP contribution in [-0.2, 0) is 11.2 Å². The van der Waals surface area contributed by atoms with Crippen molar-refractivity contribution in [1.82, 2.24) is 9.80 Å². The summed E-state index contributed by atoms with van der Waals surface area (Å²) in [5.74, 6) is 1.64. The third kappa shape index (κ3) is 3.89. The van der Waals surface area contributed by atoms with Crippen molar-refractivity contribution >= 4 is 23.4 Å². The van der Waals surface area contributed by atoms with E-state index in [1.807, 2.05) is 6.07 Å². The molecule has 0 saturated carbocycles. The average molecular weight is 431 g/mol. The first-order chi connectivity index (χ1) is 14.5. The maximum atomic E-state index is 12.9. The first kappa shape index (κ1) is 20.3. The Morgan fingerprint density at radius 2 is 1.67 bits per heavy atom. The maximum absolute atomic E-state index is 12.9. The highest BCUT2D eigenvalue weighted by Gasteiger charge is 2.34. The Balaban J connectivity index is 1.36. The van der Waals surface area contributed by atoms with Crippen molar-refractivity contribution in [2.75, 3.05) is 40.4 Å². The molecule has 0 aliphatic carbocycles. The number of nitrogens with zero attached hydrogens (tertiary/aromatic N) is 2. The molecule has 2 heterocycles. The molecule has 1 saturated heterocycles. The first-order valence-electron chi connectivity index (χ1n) is 9.75. The SMILES string of the molecule is COc1ccc(C(=O)N2CCN(C(=O)C3Cc4cc(Cl)ccc4O3)CC2)cc1OC.